The topological polar surface area (TPSA) is 87.7 Å². The van der Waals surface area contributed by atoms with E-state index in [2.05, 4.69) is 61.9 Å². The van der Waals surface area contributed by atoms with Crippen molar-refractivity contribution in [1.82, 2.24) is 9.97 Å². The third-order valence-electron chi connectivity index (χ3n) is 5.85. The van der Waals surface area contributed by atoms with Gasteiger partial charge in [-0.3, -0.25) is 4.79 Å². The third kappa shape index (κ3) is 6.30. The summed E-state index contributed by atoms with van der Waals surface area (Å²) in [6.45, 7) is 7.87. The van der Waals surface area contributed by atoms with Gasteiger partial charge in [0.05, 0.1) is 18.4 Å². The summed E-state index contributed by atoms with van der Waals surface area (Å²) in [5, 5.41) is 3.39. The second-order valence-electron chi connectivity index (χ2n) is 8.37. The zero-order valence-electron chi connectivity index (χ0n) is 20.2. The minimum Gasteiger partial charge on any atom is -0.465 e. The van der Waals surface area contributed by atoms with Gasteiger partial charge in [0.15, 0.2) is 5.16 Å². The highest BCUT2D eigenvalue weighted by atomic mass is 32.2. The van der Waals surface area contributed by atoms with Crippen LogP contribution in [0.4, 0.5) is 17.2 Å². The summed E-state index contributed by atoms with van der Waals surface area (Å²) in [5.41, 5.74) is 4.91. The number of aromatic nitrogens is 2. The van der Waals surface area contributed by atoms with E-state index >= 15 is 0 Å². The summed E-state index contributed by atoms with van der Waals surface area (Å²) in [5.74, 6) is 0.476. The van der Waals surface area contributed by atoms with Crippen molar-refractivity contribution in [2.24, 2.45) is 0 Å². The molecule has 0 saturated carbocycles. The number of hydrogen-bond acceptors (Lipinski definition) is 8. The molecule has 35 heavy (non-hydrogen) atoms. The van der Waals surface area contributed by atoms with Crippen LogP contribution < -0.4 is 15.1 Å². The van der Waals surface area contributed by atoms with Crippen LogP contribution in [0.5, 0.6) is 0 Å². The fraction of sp³-hybridized carbons (Fsp3) is 0.308. The Hall–Kier alpha value is -3.59. The molecule has 9 heteroatoms. The molecule has 0 radical (unpaired) electrons. The van der Waals surface area contributed by atoms with Gasteiger partial charge in [-0.1, -0.05) is 23.9 Å². The van der Waals surface area contributed by atoms with E-state index < -0.39 is 5.97 Å². The lowest BCUT2D eigenvalue weighted by Crippen LogP contribution is -2.47. The molecule has 0 atom stereocenters. The molecule has 3 aromatic rings. The molecule has 1 N–H and O–H groups in total. The number of hydrogen-bond donors (Lipinski definition) is 1. The van der Waals surface area contributed by atoms with E-state index in [1.54, 1.807) is 30.5 Å². The van der Waals surface area contributed by atoms with Gasteiger partial charge in [0, 0.05) is 43.8 Å². The molecule has 0 unspecified atom stereocenters. The lowest BCUT2D eigenvalue weighted by Gasteiger charge is -2.37. The molecule has 2 heterocycles. The highest BCUT2D eigenvalue weighted by Gasteiger charge is 2.20. The van der Waals surface area contributed by atoms with Crippen LogP contribution in [0.3, 0.4) is 0 Å². The number of carbonyl (C=O) groups is 2. The summed E-state index contributed by atoms with van der Waals surface area (Å²) in [4.78, 5) is 37.6. The molecule has 1 fully saturated rings. The molecule has 1 saturated heterocycles. The van der Waals surface area contributed by atoms with E-state index in [0.717, 1.165) is 32.0 Å². The number of ether oxygens (including phenoxy) is 1. The Morgan fingerprint density at radius 3 is 2.43 bits per heavy atom. The maximum atomic E-state index is 12.4. The molecule has 8 nitrogen and oxygen atoms in total. The molecule has 1 aliphatic heterocycles. The smallest absolute Gasteiger partial charge is 0.337 e. The number of carbonyl (C=O) groups excluding carboxylic acids is 2. The molecule has 2 aromatic carbocycles. The molecule has 1 aliphatic rings. The molecule has 1 amide bonds. The maximum Gasteiger partial charge on any atom is 0.337 e. The lowest BCUT2D eigenvalue weighted by molar-refractivity contribution is -0.113. The Morgan fingerprint density at radius 2 is 1.71 bits per heavy atom. The van der Waals surface area contributed by atoms with Gasteiger partial charge in [-0.15, -0.1) is 0 Å². The van der Waals surface area contributed by atoms with Gasteiger partial charge >= 0.3 is 5.97 Å². The molecular formula is C26H29N5O3S. The molecule has 0 aliphatic carbocycles. The van der Waals surface area contributed by atoms with Crippen molar-refractivity contribution in [3.63, 3.8) is 0 Å². The van der Waals surface area contributed by atoms with Crippen molar-refractivity contribution in [3.8, 4) is 0 Å². The number of nitrogens with one attached hydrogen (secondary N) is 1. The van der Waals surface area contributed by atoms with Crippen molar-refractivity contribution >= 4 is 40.8 Å². The first-order chi connectivity index (χ1) is 16.9. The molecule has 4 rings (SSSR count). The third-order valence-corrected chi connectivity index (χ3v) is 6.71. The molecule has 1 aromatic heterocycles. The van der Waals surface area contributed by atoms with Crippen LogP contribution in [0.1, 0.15) is 21.5 Å². The van der Waals surface area contributed by atoms with Crippen LogP contribution in [0.2, 0.25) is 0 Å². The largest absolute Gasteiger partial charge is 0.465 e. The zero-order chi connectivity index (χ0) is 24.8. The number of benzene rings is 2. The fourth-order valence-corrected chi connectivity index (χ4v) is 4.57. The molecule has 0 spiro atoms. The Balaban J connectivity index is 1.29. The van der Waals surface area contributed by atoms with Gasteiger partial charge in [-0.05, 0) is 61.4 Å². The number of esters is 1. The Kier molecular flexibility index (Phi) is 7.87. The van der Waals surface area contributed by atoms with E-state index in [-0.39, 0.29) is 11.7 Å². The summed E-state index contributed by atoms with van der Waals surface area (Å²) in [6.07, 6.45) is 1.74. The SMILES string of the molecule is COC(=O)c1ccc(NC(=O)CSc2nccc(N3CCN(c4cc(C)ccc4C)CC3)n2)cc1. The van der Waals surface area contributed by atoms with Crippen molar-refractivity contribution in [2.45, 2.75) is 19.0 Å². The number of methoxy groups -OCH3 is 1. The number of piperazine rings is 1. The maximum absolute atomic E-state index is 12.4. The van der Waals surface area contributed by atoms with E-state index in [0.29, 0.717) is 16.4 Å². The van der Waals surface area contributed by atoms with E-state index in [9.17, 15) is 9.59 Å². The number of amides is 1. The first-order valence-electron chi connectivity index (χ1n) is 11.4. The summed E-state index contributed by atoms with van der Waals surface area (Å²) in [6, 6.07) is 15.1. The summed E-state index contributed by atoms with van der Waals surface area (Å²) in [7, 11) is 1.33. The number of anilines is 3. The van der Waals surface area contributed by atoms with Gasteiger partial charge in [-0.2, -0.15) is 0 Å². The van der Waals surface area contributed by atoms with Crippen molar-refractivity contribution in [3.05, 3.63) is 71.4 Å². The second kappa shape index (κ2) is 11.2. The highest BCUT2D eigenvalue weighted by Crippen LogP contribution is 2.25. The number of rotatable bonds is 7. The van der Waals surface area contributed by atoms with E-state index in [1.165, 1.54) is 35.7 Å². The number of thioether (sulfide) groups is 1. The molecule has 0 bridgehead atoms. The standard InChI is InChI=1S/C26H29N5O3S/c1-18-4-5-19(2)22(16-18)30-12-14-31(15-13-30)23-10-11-27-26(29-23)35-17-24(32)28-21-8-6-20(7-9-21)25(33)34-3/h4-11,16H,12-15,17H2,1-3H3,(H,28,32). The number of nitrogens with zero attached hydrogens (tertiary/aromatic N) is 4. The van der Waals surface area contributed by atoms with Crippen LogP contribution >= 0.6 is 11.8 Å². The first-order valence-corrected chi connectivity index (χ1v) is 12.4. The lowest BCUT2D eigenvalue weighted by atomic mass is 10.1. The Labute approximate surface area is 209 Å². The van der Waals surface area contributed by atoms with Crippen LogP contribution in [-0.4, -0.2) is 60.9 Å². The quantitative estimate of drug-likeness (QED) is 0.302. The van der Waals surface area contributed by atoms with Crippen LogP contribution in [0.25, 0.3) is 0 Å². The highest BCUT2D eigenvalue weighted by molar-refractivity contribution is 7.99. The van der Waals surface area contributed by atoms with Gasteiger partial charge < -0.3 is 19.9 Å². The average molecular weight is 492 g/mol. The minimum atomic E-state index is -0.415. The summed E-state index contributed by atoms with van der Waals surface area (Å²) >= 11 is 1.29. The monoisotopic (exact) mass is 491 g/mol. The van der Waals surface area contributed by atoms with Crippen molar-refractivity contribution in [1.29, 1.82) is 0 Å². The Morgan fingerprint density at radius 1 is 1.00 bits per heavy atom. The zero-order valence-corrected chi connectivity index (χ0v) is 21.0. The fourth-order valence-electron chi connectivity index (χ4n) is 3.95. The van der Waals surface area contributed by atoms with Gasteiger partial charge in [-0.25, -0.2) is 14.8 Å². The second-order valence-corrected chi connectivity index (χ2v) is 9.31. The van der Waals surface area contributed by atoms with E-state index in [1.807, 2.05) is 6.07 Å². The number of aryl methyl sites for hydroxylation is 2. The first kappa shape index (κ1) is 24.5. The van der Waals surface area contributed by atoms with Crippen LogP contribution in [0.15, 0.2) is 59.9 Å². The van der Waals surface area contributed by atoms with E-state index in [4.69, 9.17) is 0 Å². The normalized spacial score (nSPS) is 13.5. The average Bonchev–Trinajstić information content (AvgIpc) is 2.89. The van der Waals surface area contributed by atoms with Gasteiger partial charge in [0.2, 0.25) is 5.91 Å². The predicted molar refractivity (Wildman–Crippen MR) is 140 cm³/mol. The van der Waals surface area contributed by atoms with Crippen LogP contribution in [-0.2, 0) is 9.53 Å². The Bertz CT molecular complexity index is 1190. The minimum absolute atomic E-state index is 0.169. The molecule has 182 valence electrons. The molecular weight excluding hydrogens is 462 g/mol. The van der Waals surface area contributed by atoms with Crippen LogP contribution in [0, 0.1) is 13.8 Å². The van der Waals surface area contributed by atoms with Crippen molar-refractivity contribution < 1.29 is 14.3 Å². The predicted octanol–water partition coefficient (Wildman–Crippen LogP) is 3.94. The van der Waals surface area contributed by atoms with Gasteiger partial charge in [0.25, 0.3) is 0 Å². The summed E-state index contributed by atoms with van der Waals surface area (Å²) < 4.78 is 4.68. The van der Waals surface area contributed by atoms with Crippen molar-refractivity contribution in [2.75, 3.05) is 54.2 Å². The van der Waals surface area contributed by atoms with Gasteiger partial charge in [0.1, 0.15) is 5.82 Å².